The Morgan fingerprint density at radius 3 is 2.81 bits per heavy atom. The van der Waals surface area contributed by atoms with Crippen LogP contribution < -0.4 is 10.1 Å². The molecule has 1 N–H and O–H groups in total. The molecule has 0 aliphatic carbocycles. The molecule has 0 bridgehead atoms. The van der Waals surface area contributed by atoms with Crippen LogP contribution in [0, 0.1) is 5.92 Å². The van der Waals surface area contributed by atoms with Crippen LogP contribution in [0.3, 0.4) is 0 Å². The summed E-state index contributed by atoms with van der Waals surface area (Å²) in [5, 5.41) is 5.47. The molecule has 1 amide bonds. The minimum Gasteiger partial charge on any atom is -0.476 e. The molecule has 2 rings (SSSR count). The lowest BCUT2D eigenvalue weighted by molar-refractivity contribution is -0.173. The van der Waals surface area contributed by atoms with Gasteiger partial charge in [-0.15, -0.1) is 0 Å². The van der Waals surface area contributed by atoms with Crippen LogP contribution in [0.25, 0.3) is 0 Å². The third-order valence-corrected chi connectivity index (χ3v) is 4.02. The number of nitrogens with zero attached hydrogens (tertiary/aromatic N) is 2. The van der Waals surface area contributed by atoms with Gasteiger partial charge in [0.05, 0.1) is 19.3 Å². The van der Waals surface area contributed by atoms with Gasteiger partial charge in [-0.05, 0) is 0 Å². The molecular formula is C9H9ClF3N3O4S. The highest BCUT2D eigenvalue weighted by molar-refractivity contribution is 8.13. The molecule has 7 nitrogen and oxygen atoms in total. The molecule has 1 atom stereocenters. The van der Waals surface area contributed by atoms with Crippen molar-refractivity contribution in [3.63, 3.8) is 0 Å². The number of carbonyl (C=O) groups excluding carboxylic acids is 1. The molecule has 12 heteroatoms. The number of nitrogens with one attached hydrogen (secondary N) is 1. The molecule has 1 aliphatic heterocycles. The minimum absolute atomic E-state index is 0.0662. The van der Waals surface area contributed by atoms with E-state index in [0.29, 0.717) is 0 Å². The first-order chi connectivity index (χ1) is 9.59. The third-order valence-electron chi connectivity index (χ3n) is 2.72. The molecule has 118 valence electrons. The topological polar surface area (TPSA) is 90.3 Å². The number of fused-ring (bicyclic) bond motifs is 1. The third kappa shape index (κ3) is 3.59. The summed E-state index contributed by atoms with van der Waals surface area (Å²) in [5.41, 5.74) is 0. The van der Waals surface area contributed by atoms with Crippen molar-refractivity contribution in [2.75, 3.05) is 13.2 Å². The highest BCUT2D eigenvalue weighted by Gasteiger charge is 2.39. The smallest absolute Gasteiger partial charge is 0.471 e. The number of rotatable bonds is 3. The number of halogens is 4. The number of amides is 1. The highest BCUT2D eigenvalue weighted by Crippen LogP contribution is 2.30. The maximum absolute atomic E-state index is 12.0. The van der Waals surface area contributed by atoms with Gasteiger partial charge in [-0.25, -0.2) is 13.1 Å². The van der Waals surface area contributed by atoms with Crippen molar-refractivity contribution in [3.8, 4) is 5.88 Å². The average Bonchev–Trinajstić information content (AvgIpc) is 2.77. The Labute approximate surface area is 121 Å². The molecule has 1 unspecified atom stereocenters. The molecule has 0 spiro atoms. The SMILES string of the molecule is O=C(NCC1COc2c(S(=O)(=O)Cl)cnn2C1)C(F)(F)F. The quantitative estimate of drug-likeness (QED) is 0.804. The predicted octanol–water partition coefficient (Wildman–Crippen LogP) is 0.498. The van der Waals surface area contributed by atoms with Gasteiger partial charge in [0.25, 0.3) is 9.05 Å². The van der Waals surface area contributed by atoms with Crippen LogP contribution in [0.15, 0.2) is 11.1 Å². The van der Waals surface area contributed by atoms with Gasteiger partial charge in [-0.2, -0.15) is 18.3 Å². The van der Waals surface area contributed by atoms with Crippen molar-refractivity contribution < 1.29 is 31.1 Å². The number of hydrogen-bond acceptors (Lipinski definition) is 5. The summed E-state index contributed by atoms with van der Waals surface area (Å²) in [6, 6.07) is 0. The van der Waals surface area contributed by atoms with Crippen LogP contribution in [0.2, 0.25) is 0 Å². The van der Waals surface area contributed by atoms with E-state index in [1.165, 1.54) is 4.68 Å². The maximum Gasteiger partial charge on any atom is 0.471 e. The summed E-state index contributed by atoms with van der Waals surface area (Å²) < 4.78 is 64.9. The Hall–Kier alpha value is -1.49. The summed E-state index contributed by atoms with van der Waals surface area (Å²) in [6.07, 6.45) is -3.96. The first-order valence-electron chi connectivity index (χ1n) is 5.57. The summed E-state index contributed by atoms with van der Waals surface area (Å²) in [4.78, 5) is 10.4. The average molecular weight is 348 g/mol. The van der Waals surface area contributed by atoms with E-state index in [1.807, 2.05) is 0 Å². The van der Waals surface area contributed by atoms with Crippen LogP contribution >= 0.6 is 10.7 Å². The van der Waals surface area contributed by atoms with Crippen molar-refractivity contribution in [1.82, 2.24) is 15.1 Å². The summed E-state index contributed by atoms with van der Waals surface area (Å²) >= 11 is 0. The molecule has 0 fully saturated rings. The lowest BCUT2D eigenvalue weighted by Gasteiger charge is -2.24. The highest BCUT2D eigenvalue weighted by atomic mass is 35.7. The van der Waals surface area contributed by atoms with Crippen LogP contribution in [-0.4, -0.2) is 43.4 Å². The molecule has 0 saturated heterocycles. The molecule has 1 aliphatic rings. The normalized spacial score (nSPS) is 18.8. The molecule has 0 radical (unpaired) electrons. The molecule has 2 heterocycles. The lowest BCUT2D eigenvalue weighted by atomic mass is 10.1. The molecule has 0 saturated carbocycles. The zero-order valence-corrected chi connectivity index (χ0v) is 11.8. The first-order valence-corrected chi connectivity index (χ1v) is 7.88. The monoisotopic (exact) mass is 347 g/mol. The van der Waals surface area contributed by atoms with Gasteiger partial charge in [0.1, 0.15) is 0 Å². The van der Waals surface area contributed by atoms with Crippen molar-refractivity contribution >= 4 is 25.6 Å². The van der Waals surface area contributed by atoms with Crippen molar-refractivity contribution in [3.05, 3.63) is 6.20 Å². The van der Waals surface area contributed by atoms with Gasteiger partial charge in [0.2, 0.25) is 5.88 Å². The van der Waals surface area contributed by atoms with E-state index in [4.69, 9.17) is 15.4 Å². The van der Waals surface area contributed by atoms with Crippen molar-refractivity contribution in [2.45, 2.75) is 17.6 Å². The predicted molar refractivity (Wildman–Crippen MR) is 63.3 cm³/mol. The summed E-state index contributed by atoms with van der Waals surface area (Å²) in [5.74, 6) is -2.59. The van der Waals surface area contributed by atoms with E-state index in [1.54, 1.807) is 5.32 Å². The van der Waals surface area contributed by atoms with E-state index in [9.17, 15) is 26.4 Å². The fraction of sp³-hybridized carbons (Fsp3) is 0.556. The fourth-order valence-electron chi connectivity index (χ4n) is 1.75. The van der Waals surface area contributed by atoms with Gasteiger partial charge < -0.3 is 10.1 Å². The van der Waals surface area contributed by atoms with Crippen LogP contribution in [-0.2, 0) is 20.4 Å². The largest absolute Gasteiger partial charge is 0.476 e. The van der Waals surface area contributed by atoms with E-state index >= 15 is 0 Å². The molecule has 1 aromatic rings. The lowest BCUT2D eigenvalue weighted by Crippen LogP contribution is -2.42. The van der Waals surface area contributed by atoms with Gasteiger partial charge in [0, 0.05) is 23.1 Å². The number of carbonyl (C=O) groups is 1. The van der Waals surface area contributed by atoms with E-state index in [2.05, 4.69) is 5.10 Å². The fourth-order valence-corrected chi connectivity index (χ4v) is 2.62. The van der Waals surface area contributed by atoms with Crippen molar-refractivity contribution in [2.24, 2.45) is 5.92 Å². The number of hydrogen-bond donors (Lipinski definition) is 1. The number of ether oxygens (including phenoxy) is 1. The van der Waals surface area contributed by atoms with E-state index < -0.39 is 27.1 Å². The van der Waals surface area contributed by atoms with Gasteiger partial charge in [-0.3, -0.25) is 4.79 Å². The molecule has 1 aromatic heterocycles. The van der Waals surface area contributed by atoms with Gasteiger partial charge in [-0.1, -0.05) is 0 Å². The Balaban J connectivity index is 2.02. The zero-order valence-electron chi connectivity index (χ0n) is 10.2. The molecule has 0 aromatic carbocycles. The zero-order chi connectivity index (χ0) is 15.8. The Kier molecular flexibility index (Phi) is 4.06. The molecular weight excluding hydrogens is 339 g/mol. The minimum atomic E-state index is -4.95. The van der Waals surface area contributed by atoms with Gasteiger partial charge in [0.15, 0.2) is 4.90 Å². The Morgan fingerprint density at radius 2 is 2.24 bits per heavy atom. The maximum atomic E-state index is 12.0. The van der Waals surface area contributed by atoms with E-state index in [0.717, 1.165) is 6.20 Å². The summed E-state index contributed by atoms with van der Waals surface area (Å²) in [6.45, 7) is -0.246. The van der Waals surface area contributed by atoms with Crippen LogP contribution in [0.5, 0.6) is 5.88 Å². The Bertz CT molecular complexity index is 658. The second kappa shape index (κ2) is 5.37. The summed E-state index contributed by atoms with van der Waals surface area (Å²) in [7, 11) is 1.16. The molecule has 21 heavy (non-hydrogen) atoms. The second-order valence-corrected chi connectivity index (χ2v) is 6.85. The number of alkyl halides is 3. The van der Waals surface area contributed by atoms with E-state index in [-0.39, 0.29) is 30.5 Å². The van der Waals surface area contributed by atoms with Gasteiger partial charge >= 0.3 is 12.1 Å². The second-order valence-electron chi connectivity index (χ2n) is 4.32. The first kappa shape index (κ1) is 15.9. The van der Waals surface area contributed by atoms with Crippen molar-refractivity contribution in [1.29, 1.82) is 0 Å². The van der Waals surface area contributed by atoms with Crippen LogP contribution in [0.1, 0.15) is 0 Å². The standard InChI is InChI=1S/C9H9ClF3N3O4S/c10-21(18,19)6-2-15-16-3-5(4-20-7(6)16)1-14-8(17)9(11,12)13/h2,5H,1,3-4H2,(H,14,17). The number of aromatic nitrogens is 2. The Morgan fingerprint density at radius 1 is 1.57 bits per heavy atom. The van der Waals surface area contributed by atoms with Crippen LogP contribution in [0.4, 0.5) is 13.2 Å².